The maximum atomic E-state index is 12.2. The molecule has 1 aliphatic heterocycles. The summed E-state index contributed by atoms with van der Waals surface area (Å²) in [5.74, 6) is 2.55. The molecule has 10 heteroatoms. The van der Waals surface area contributed by atoms with Gasteiger partial charge in [-0.2, -0.15) is 11.8 Å². The zero-order valence-corrected chi connectivity index (χ0v) is 19.8. The van der Waals surface area contributed by atoms with E-state index in [1.165, 1.54) is 0 Å². The standard InChI is InChI=1S/C16H29N5O2S2.HI/c1-13(2)15-12-21(9-10-24-15)16(17-3)18-6-7-19-25(22,23)14-5-8-20(4)11-14;/h5,8,11,13,15,19H,6-7,9-10,12H2,1-4H3,(H,17,18);1H. The van der Waals surface area contributed by atoms with Crippen molar-refractivity contribution >= 4 is 51.7 Å². The minimum atomic E-state index is -3.46. The number of aryl methyl sites for hydroxylation is 1. The van der Waals surface area contributed by atoms with Crippen molar-refractivity contribution < 1.29 is 8.42 Å². The molecule has 0 saturated carbocycles. The normalized spacial score (nSPS) is 18.7. The highest BCUT2D eigenvalue weighted by Gasteiger charge is 2.24. The van der Waals surface area contributed by atoms with Gasteiger partial charge in [-0.15, -0.1) is 24.0 Å². The molecule has 1 unspecified atom stereocenters. The van der Waals surface area contributed by atoms with Gasteiger partial charge in [-0.05, 0) is 12.0 Å². The van der Waals surface area contributed by atoms with E-state index in [0.29, 0.717) is 24.3 Å². The fraction of sp³-hybridized carbons (Fsp3) is 0.688. The summed E-state index contributed by atoms with van der Waals surface area (Å²) in [6, 6.07) is 1.59. The largest absolute Gasteiger partial charge is 0.356 e. The zero-order valence-electron chi connectivity index (χ0n) is 15.8. The van der Waals surface area contributed by atoms with Crippen molar-refractivity contribution in [3.05, 3.63) is 18.5 Å². The molecule has 0 aromatic carbocycles. The number of hydrogen-bond acceptors (Lipinski definition) is 4. The van der Waals surface area contributed by atoms with Crippen LogP contribution in [0, 0.1) is 5.92 Å². The Labute approximate surface area is 178 Å². The maximum absolute atomic E-state index is 12.2. The number of aromatic nitrogens is 1. The van der Waals surface area contributed by atoms with Gasteiger partial charge in [0.25, 0.3) is 0 Å². The fourth-order valence-corrected chi connectivity index (χ4v) is 5.06. The van der Waals surface area contributed by atoms with Crippen LogP contribution < -0.4 is 10.0 Å². The van der Waals surface area contributed by atoms with Gasteiger partial charge in [0.1, 0.15) is 0 Å². The van der Waals surface area contributed by atoms with Crippen molar-refractivity contribution in [3.63, 3.8) is 0 Å². The van der Waals surface area contributed by atoms with Crippen molar-refractivity contribution in [3.8, 4) is 0 Å². The molecule has 1 aromatic rings. The lowest BCUT2D eigenvalue weighted by Crippen LogP contribution is -2.50. The number of nitrogens with one attached hydrogen (secondary N) is 2. The molecule has 0 bridgehead atoms. The quantitative estimate of drug-likeness (QED) is 0.260. The average molecular weight is 515 g/mol. The summed E-state index contributed by atoms with van der Waals surface area (Å²) in [6.07, 6.45) is 3.31. The number of nitrogens with zero attached hydrogens (tertiary/aromatic N) is 3. The molecule has 1 aliphatic rings. The van der Waals surface area contributed by atoms with Crippen LogP contribution in [-0.4, -0.2) is 68.1 Å². The van der Waals surface area contributed by atoms with E-state index in [1.54, 1.807) is 37.1 Å². The molecule has 1 saturated heterocycles. The molecule has 0 spiro atoms. The molecule has 1 fully saturated rings. The summed E-state index contributed by atoms with van der Waals surface area (Å²) in [6.45, 7) is 7.23. The summed E-state index contributed by atoms with van der Waals surface area (Å²) >= 11 is 2.02. The Morgan fingerprint density at radius 3 is 2.73 bits per heavy atom. The van der Waals surface area contributed by atoms with Crippen LogP contribution in [0.4, 0.5) is 0 Å². The Kier molecular flexibility index (Phi) is 9.76. The third kappa shape index (κ3) is 6.61. The van der Waals surface area contributed by atoms with E-state index in [0.717, 1.165) is 24.8 Å². The van der Waals surface area contributed by atoms with E-state index in [2.05, 4.69) is 33.8 Å². The van der Waals surface area contributed by atoms with Crippen LogP contribution in [0.25, 0.3) is 0 Å². The maximum Gasteiger partial charge on any atom is 0.242 e. The predicted molar refractivity (Wildman–Crippen MR) is 120 cm³/mol. The van der Waals surface area contributed by atoms with Gasteiger partial charge in [-0.3, -0.25) is 4.99 Å². The van der Waals surface area contributed by atoms with E-state index >= 15 is 0 Å². The molecule has 7 nitrogen and oxygen atoms in total. The van der Waals surface area contributed by atoms with Crippen molar-refractivity contribution in [2.45, 2.75) is 24.0 Å². The smallest absolute Gasteiger partial charge is 0.242 e. The summed E-state index contributed by atoms with van der Waals surface area (Å²) in [4.78, 5) is 6.88. The Bertz CT molecular complexity index is 691. The first kappa shape index (κ1) is 23.6. The molecule has 0 aliphatic carbocycles. The topological polar surface area (TPSA) is 78.7 Å². The zero-order chi connectivity index (χ0) is 18.4. The third-order valence-corrected chi connectivity index (χ3v) is 7.15. The highest BCUT2D eigenvalue weighted by molar-refractivity contribution is 14.0. The van der Waals surface area contributed by atoms with Gasteiger partial charge in [-0.25, -0.2) is 13.1 Å². The number of thioether (sulfide) groups is 1. The molecule has 2 N–H and O–H groups in total. The summed E-state index contributed by atoms with van der Waals surface area (Å²) in [5, 5.41) is 3.86. The Balaban J connectivity index is 0.00000338. The molecule has 1 aromatic heterocycles. The van der Waals surface area contributed by atoms with Crippen molar-refractivity contribution in [1.29, 1.82) is 0 Å². The van der Waals surface area contributed by atoms with E-state index in [4.69, 9.17) is 0 Å². The second kappa shape index (κ2) is 10.8. The number of hydrogen-bond donors (Lipinski definition) is 2. The lowest BCUT2D eigenvalue weighted by atomic mass is 10.1. The second-order valence-electron chi connectivity index (χ2n) is 6.48. The molecule has 0 amide bonds. The number of rotatable bonds is 6. The number of aliphatic imine (C=N–C) groups is 1. The monoisotopic (exact) mass is 515 g/mol. The molecule has 1 atom stereocenters. The van der Waals surface area contributed by atoms with Crippen molar-refractivity contribution in [2.24, 2.45) is 18.0 Å². The van der Waals surface area contributed by atoms with Crippen LogP contribution in [0.1, 0.15) is 13.8 Å². The highest BCUT2D eigenvalue weighted by atomic mass is 127. The minimum absolute atomic E-state index is 0. The van der Waals surface area contributed by atoms with Crippen LogP contribution >= 0.6 is 35.7 Å². The first-order chi connectivity index (χ1) is 11.8. The van der Waals surface area contributed by atoms with Gasteiger partial charge in [0.15, 0.2) is 5.96 Å². The van der Waals surface area contributed by atoms with Crippen LogP contribution in [0.3, 0.4) is 0 Å². The third-order valence-electron chi connectivity index (χ3n) is 4.16. The van der Waals surface area contributed by atoms with Gasteiger partial charge in [0.05, 0.1) is 4.90 Å². The number of guanidine groups is 1. The van der Waals surface area contributed by atoms with Crippen LogP contribution in [0.2, 0.25) is 0 Å². The second-order valence-corrected chi connectivity index (χ2v) is 9.60. The molecule has 26 heavy (non-hydrogen) atoms. The SMILES string of the molecule is CN=C(NCCNS(=O)(=O)c1ccn(C)c1)N1CCSC(C(C)C)C1.I. The lowest BCUT2D eigenvalue weighted by molar-refractivity contribution is 0.381. The minimum Gasteiger partial charge on any atom is -0.356 e. The first-order valence-corrected chi connectivity index (χ1v) is 11.1. The van der Waals surface area contributed by atoms with Crippen molar-refractivity contribution in [2.75, 3.05) is 39.0 Å². The van der Waals surface area contributed by atoms with Crippen LogP contribution in [0.15, 0.2) is 28.3 Å². The van der Waals surface area contributed by atoms with E-state index in [9.17, 15) is 8.42 Å². The lowest BCUT2D eigenvalue weighted by Gasteiger charge is -2.36. The summed E-state index contributed by atoms with van der Waals surface area (Å²) < 4.78 is 28.7. The highest BCUT2D eigenvalue weighted by Crippen LogP contribution is 2.24. The Morgan fingerprint density at radius 2 is 2.15 bits per heavy atom. The van der Waals surface area contributed by atoms with Crippen LogP contribution in [-0.2, 0) is 17.1 Å². The van der Waals surface area contributed by atoms with Crippen molar-refractivity contribution in [1.82, 2.24) is 19.5 Å². The molecule has 2 rings (SSSR count). The van der Waals surface area contributed by atoms with Gasteiger partial charge in [0.2, 0.25) is 10.0 Å². The number of halogens is 1. The first-order valence-electron chi connectivity index (χ1n) is 8.52. The van der Waals surface area contributed by atoms with Gasteiger partial charge >= 0.3 is 0 Å². The molecule has 0 radical (unpaired) electrons. The number of sulfonamides is 1. The van der Waals surface area contributed by atoms with Crippen LogP contribution in [0.5, 0.6) is 0 Å². The molecule has 2 heterocycles. The molecule has 150 valence electrons. The molecular weight excluding hydrogens is 485 g/mol. The predicted octanol–water partition coefficient (Wildman–Crippen LogP) is 1.57. The Morgan fingerprint density at radius 1 is 1.42 bits per heavy atom. The fourth-order valence-electron chi connectivity index (χ4n) is 2.68. The van der Waals surface area contributed by atoms with E-state index in [-0.39, 0.29) is 28.9 Å². The van der Waals surface area contributed by atoms with Gasteiger partial charge < -0.3 is 14.8 Å². The van der Waals surface area contributed by atoms with Gasteiger partial charge in [0, 0.05) is 63.7 Å². The molecular formula is C16H30IN5O2S2. The summed E-state index contributed by atoms with van der Waals surface area (Å²) in [7, 11) is 0.107. The van der Waals surface area contributed by atoms with Gasteiger partial charge in [-0.1, -0.05) is 13.8 Å². The van der Waals surface area contributed by atoms with E-state index in [1.807, 2.05) is 11.8 Å². The Hall–Kier alpha value is -0.460. The van der Waals surface area contributed by atoms with E-state index < -0.39 is 10.0 Å². The average Bonchev–Trinajstić information content (AvgIpc) is 3.02. The summed E-state index contributed by atoms with van der Waals surface area (Å²) in [5.41, 5.74) is 0.